The van der Waals surface area contributed by atoms with Crippen molar-refractivity contribution in [1.29, 1.82) is 0 Å². The number of hydrogen-bond donors (Lipinski definition) is 0. The lowest BCUT2D eigenvalue weighted by Gasteiger charge is -2.24. The fourth-order valence-electron chi connectivity index (χ4n) is 3.18. The van der Waals surface area contributed by atoms with Crippen molar-refractivity contribution in [2.24, 2.45) is 0 Å². The molecule has 0 amide bonds. The van der Waals surface area contributed by atoms with Crippen LogP contribution in [0.25, 0.3) is 5.69 Å². The SMILES string of the molecule is COC(=O)c1cccc2c1CN(c1ccccc1Cl)Cc1nnc(Br)n1-2. The molecule has 132 valence electrons. The van der Waals surface area contributed by atoms with E-state index in [9.17, 15) is 4.79 Å². The van der Waals surface area contributed by atoms with E-state index >= 15 is 0 Å². The zero-order valence-electron chi connectivity index (χ0n) is 13.8. The highest BCUT2D eigenvalue weighted by Gasteiger charge is 2.27. The molecule has 6 nitrogen and oxygen atoms in total. The molecule has 0 aliphatic carbocycles. The topological polar surface area (TPSA) is 60.2 Å². The first kappa shape index (κ1) is 17.1. The number of nitrogens with zero attached hydrogens (tertiary/aromatic N) is 4. The molecular weight excluding hydrogens is 420 g/mol. The van der Waals surface area contributed by atoms with Crippen molar-refractivity contribution in [3.63, 3.8) is 0 Å². The molecule has 0 bridgehead atoms. The zero-order chi connectivity index (χ0) is 18.3. The number of ether oxygens (including phenoxy) is 1. The van der Waals surface area contributed by atoms with E-state index in [0.29, 0.717) is 28.4 Å². The van der Waals surface area contributed by atoms with Crippen LogP contribution >= 0.6 is 27.5 Å². The van der Waals surface area contributed by atoms with Crippen molar-refractivity contribution in [3.05, 3.63) is 69.2 Å². The number of carbonyl (C=O) groups excluding carboxylic acids is 1. The van der Waals surface area contributed by atoms with E-state index in [0.717, 1.165) is 22.8 Å². The van der Waals surface area contributed by atoms with Crippen LogP contribution in [-0.2, 0) is 17.8 Å². The van der Waals surface area contributed by atoms with Crippen molar-refractivity contribution in [2.75, 3.05) is 12.0 Å². The predicted octanol–water partition coefficient (Wildman–Crippen LogP) is 3.99. The van der Waals surface area contributed by atoms with E-state index in [4.69, 9.17) is 16.3 Å². The summed E-state index contributed by atoms with van der Waals surface area (Å²) in [6, 6.07) is 13.1. The average Bonchev–Trinajstić information content (AvgIpc) is 2.92. The highest BCUT2D eigenvalue weighted by Crippen LogP contribution is 2.34. The first-order chi connectivity index (χ1) is 12.6. The van der Waals surface area contributed by atoms with E-state index in [1.54, 1.807) is 6.07 Å². The Morgan fingerprint density at radius 3 is 2.65 bits per heavy atom. The fraction of sp³-hybridized carbons (Fsp3) is 0.167. The Kier molecular flexibility index (Phi) is 4.42. The van der Waals surface area contributed by atoms with Crippen molar-refractivity contribution < 1.29 is 9.53 Å². The summed E-state index contributed by atoms with van der Waals surface area (Å²) in [6.07, 6.45) is 0. The minimum atomic E-state index is -0.381. The Labute approximate surface area is 163 Å². The maximum absolute atomic E-state index is 12.3. The number of aromatic nitrogens is 3. The molecule has 2 heterocycles. The number of para-hydroxylation sites is 1. The van der Waals surface area contributed by atoms with Gasteiger partial charge in [0.15, 0.2) is 5.82 Å². The monoisotopic (exact) mass is 432 g/mol. The van der Waals surface area contributed by atoms with E-state index < -0.39 is 0 Å². The van der Waals surface area contributed by atoms with Gasteiger partial charge in [-0.05, 0) is 40.2 Å². The second-order valence-corrected chi connectivity index (χ2v) is 6.94. The molecule has 0 saturated carbocycles. The van der Waals surface area contributed by atoms with Crippen LogP contribution in [0.4, 0.5) is 5.69 Å². The van der Waals surface area contributed by atoms with Crippen LogP contribution in [0.2, 0.25) is 5.02 Å². The molecule has 0 atom stereocenters. The molecule has 1 aliphatic heterocycles. The number of anilines is 1. The van der Waals surface area contributed by atoms with Gasteiger partial charge < -0.3 is 9.64 Å². The maximum Gasteiger partial charge on any atom is 0.338 e. The smallest absolute Gasteiger partial charge is 0.338 e. The second kappa shape index (κ2) is 6.74. The van der Waals surface area contributed by atoms with Crippen LogP contribution < -0.4 is 4.90 Å². The Hall–Kier alpha value is -2.38. The van der Waals surface area contributed by atoms with Crippen LogP contribution in [-0.4, -0.2) is 27.8 Å². The molecule has 8 heteroatoms. The molecule has 3 aromatic rings. The molecule has 1 aromatic heterocycles. The van der Waals surface area contributed by atoms with Crippen molar-refractivity contribution in [3.8, 4) is 5.69 Å². The van der Waals surface area contributed by atoms with Gasteiger partial charge in [0.2, 0.25) is 4.73 Å². The van der Waals surface area contributed by atoms with Gasteiger partial charge in [0.05, 0.1) is 35.6 Å². The molecule has 26 heavy (non-hydrogen) atoms. The summed E-state index contributed by atoms with van der Waals surface area (Å²) < 4.78 is 7.45. The second-order valence-electron chi connectivity index (χ2n) is 5.82. The van der Waals surface area contributed by atoms with Gasteiger partial charge >= 0.3 is 5.97 Å². The van der Waals surface area contributed by atoms with Crippen LogP contribution in [0.1, 0.15) is 21.7 Å². The van der Waals surface area contributed by atoms with Crippen molar-refractivity contribution >= 4 is 39.2 Å². The van der Waals surface area contributed by atoms with Crippen molar-refractivity contribution in [2.45, 2.75) is 13.1 Å². The molecule has 0 saturated heterocycles. The summed E-state index contributed by atoms with van der Waals surface area (Å²) in [5.74, 6) is 0.367. The molecule has 4 rings (SSSR count). The van der Waals surface area contributed by atoms with E-state index in [1.165, 1.54) is 7.11 Å². The van der Waals surface area contributed by atoms with Gasteiger partial charge in [-0.1, -0.05) is 29.8 Å². The number of rotatable bonds is 2. The number of carbonyl (C=O) groups is 1. The molecule has 0 fully saturated rings. The Morgan fingerprint density at radius 2 is 1.88 bits per heavy atom. The minimum Gasteiger partial charge on any atom is -0.465 e. The van der Waals surface area contributed by atoms with E-state index in [2.05, 4.69) is 31.0 Å². The quantitative estimate of drug-likeness (QED) is 0.572. The summed E-state index contributed by atoms with van der Waals surface area (Å²) in [5.41, 5.74) is 3.05. The highest BCUT2D eigenvalue weighted by molar-refractivity contribution is 9.10. The van der Waals surface area contributed by atoms with Crippen LogP contribution in [0.3, 0.4) is 0 Å². The summed E-state index contributed by atoms with van der Waals surface area (Å²) in [5, 5.41) is 9.05. The molecule has 0 spiro atoms. The number of halogens is 2. The van der Waals surface area contributed by atoms with Crippen LogP contribution in [0.15, 0.2) is 47.2 Å². The molecule has 2 aromatic carbocycles. The number of esters is 1. The summed E-state index contributed by atoms with van der Waals surface area (Å²) in [4.78, 5) is 14.4. The highest BCUT2D eigenvalue weighted by atomic mass is 79.9. The Balaban J connectivity index is 1.95. The normalized spacial score (nSPS) is 13.0. The van der Waals surface area contributed by atoms with Gasteiger partial charge in [-0.3, -0.25) is 4.57 Å². The minimum absolute atomic E-state index is 0.381. The third-order valence-electron chi connectivity index (χ3n) is 4.36. The Bertz CT molecular complexity index is 1000. The van der Waals surface area contributed by atoms with E-state index in [-0.39, 0.29) is 5.97 Å². The summed E-state index contributed by atoms with van der Waals surface area (Å²) in [6.45, 7) is 0.984. The number of methoxy groups -OCH3 is 1. The average molecular weight is 434 g/mol. The molecule has 0 radical (unpaired) electrons. The zero-order valence-corrected chi connectivity index (χ0v) is 16.2. The number of benzene rings is 2. The van der Waals surface area contributed by atoms with E-state index in [1.807, 2.05) is 41.0 Å². The van der Waals surface area contributed by atoms with Gasteiger partial charge in [-0.25, -0.2) is 4.79 Å². The lowest BCUT2D eigenvalue weighted by molar-refractivity contribution is 0.0599. The Morgan fingerprint density at radius 1 is 1.12 bits per heavy atom. The third-order valence-corrected chi connectivity index (χ3v) is 5.20. The molecule has 1 aliphatic rings. The lowest BCUT2D eigenvalue weighted by Crippen LogP contribution is -2.23. The lowest BCUT2D eigenvalue weighted by atomic mass is 10.0. The maximum atomic E-state index is 12.3. The van der Waals surface area contributed by atoms with Crippen molar-refractivity contribution in [1.82, 2.24) is 14.8 Å². The predicted molar refractivity (Wildman–Crippen MR) is 102 cm³/mol. The standard InChI is InChI=1S/C18H14BrClN4O2/c1-26-17(25)11-5-4-8-14-12(11)9-23(15-7-3-2-6-13(15)20)10-16-21-22-18(19)24(14)16/h2-8H,9-10H2,1H3. The van der Waals surface area contributed by atoms with Gasteiger partial charge in [0.25, 0.3) is 0 Å². The largest absolute Gasteiger partial charge is 0.465 e. The van der Waals surface area contributed by atoms with Gasteiger partial charge in [0.1, 0.15) is 0 Å². The fourth-order valence-corrected chi connectivity index (χ4v) is 3.91. The van der Waals surface area contributed by atoms with Crippen LogP contribution in [0, 0.1) is 0 Å². The van der Waals surface area contributed by atoms with Gasteiger partial charge in [0, 0.05) is 12.1 Å². The first-order valence-corrected chi connectivity index (χ1v) is 9.07. The third kappa shape index (κ3) is 2.77. The molecule has 0 N–H and O–H groups in total. The molecular formula is C18H14BrClN4O2. The van der Waals surface area contributed by atoms with Gasteiger partial charge in [-0.15, -0.1) is 10.2 Å². The first-order valence-electron chi connectivity index (χ1n) is 7.90. The van der Waals surface area contributed by atoms with Gasteiger partial charge in [-0.2, -0.15) is 0 Å². The summed E-state index contributed by atoms with van der Waals surface area (Å²) >= 11 is 9.87. The summed E-state index contributed by atoms with van der Waals surface area (Å²) in [7, 11) is 1.38. The number of hydrogen-bond acceptors (Lipinski definition) is 5. The molecule has 0 unspecified atom stereocenters. The number of fused-ring (bicyclic) bond motifs is 3. The van der Waals surface area contributed by atoms with Crippen LogP contribution in [0.5, 0.6) is 0 Å².